The summed E-state index contributed by atoms with van der Waals surface area (Å²) in [6.07, 6.45) is 9.19. The highest BCUT2D eigenvalue weighted by Gasteiger charge is 2.17. The molecule has 0 spiro atoms. The van der Waals surface area contributed by atoms with Gasteiger partial charge < -0.3 is 4.57 Å². The number of imidazole rings is 1. The van der Waals surface area contributed by atoms with E-state index < -0.39 is 0 Å². The van der Waals surface area contributed by atoms with Crippen LogP contribution in [-0.2, 0) is 6.54 Å². The van der Waals surface area contributed by atoms with Crippen molar-refractivity contribution in [2.45, 2.75) is 59.4 Å². The van der Waals surface area contributed by atoms with Crippen molar-refractivity contribution in [3.63, 3.8) is 0 Å². The van der Waals surface area contributed by atoms with E-state index >= 15 is 0 Å². The first-order valence-electron chi connectivity index (χ1n) is 10.4. The maximum Gasteiger partial charge on any atom is 0.136 e. The lowest BCUT2D eigenvalue weighted by Crippen LogP contribution is -2.07. The zero-order chi connectivity index (χ0) is 19.7. The molecule has 0 bridgehead atoms. The van der Waals surface area contributed by atoms with Crippen LogP contribution in [0, 0.1) is 19.8 Å². The Morgan fingerprint density at radius 3 is 2.46 bits per heavy atom. The van der Waals surface area contributed by atoms with Crippen LogP contribution in [0.3, 0.4) is 0 Å². The number of aromatic nitrogens is 2. The Kier molecular flexibility index (Phi) is 5.59. The Balaban J connectivity index is 1.79. The number of benzene rings is 2. The highest BCUT2D eigenvalue weighted by molar-refractivity contribution is 6.30. The normalized spacial score (nSPS) is 16.1. The zero-order valence-electron chi connectivity index (χ0n) is 17.1. The Labute approximate surface area is 173 Å². The van der Waals surface area contributed by atoms with Crippen molar-refractivity contribution in [1.82, 2.24) is 9.55 Å². The van der Waals surface area contributed by atoms with Crippen LogP contribution in [0.4, 0.5) is 0 Å². The largest absolute Gasteiger partial charge is 0.320 e. The monoisotopic (exact) mass is 392 g/mol. The Bertz CT molecular complexity index is 1010. The van der Waals surface area contributed by atoms with E-state index in [1.54, 1.807) is 0 Å². The molecule has 2 aromatic carbocycles. The van der Waals surface area contributed by atoms with Crippen molar-refractivity contribution < 1.29 is 0 Å². The first kappa shape index (κ1) is 19.3. The molecule has 0 saturated heterocycles. The summed E-state index contributed by atoms with van der Waals surface area (Å²) in [5, 5.41) is 0.777. The molecule has 1 aromatic heterocycles. The van der Waals surface area contributed by atoms with Crippen LogP contribution >= 0.6 is 11.6 Å². The smallest absolute Gasteiger partial charge is 0.136 e. The molecule has 4 rings (SSSR count). The molecule has 1 aliphatic rings. The summed E-state index contributed by atoms with van der Waals surface area (Å²) < 4.78 is 2.37. The summed E-state index contributed by atoms with van der Waals surface area (Å²) in [7, 11) is 0. The van der Waals surface area contributed by atoms with Crippen molar-refractivity contribution >= 4 is 28.2 Å². The molecule has 0 radical (unpaired) electrons. The summed E-state index contributed by atoms with van der Waals surface area (Å²) in [5.74, 6) is 1.79. The number of aryl methyl sites for hydroxylation is 2. The maximum absolute atomic E-state index is 6.09. The molecule has 1 heterocycles. The minimum Gasteiger partial charge on any atom is -0.320 e. The Morgan fingerprint density at radius 1 is 1.07 bits per heavy atom. The van der Waals surface area contributed by atoms with Gasteiger partial charge in [0, 0.05) is 11.6 Å². The number of nitrogens with zero attached hydrogens (tertiary/aromatic N) is 2. The quantitative estimate of drug-likeness (QED) is 0.454. The lowest BCUT2D eigenvalue weighted by atomic mass is 9.88. The fourth-order valence-corrected chi connectivity index (χ4v) is 4.47. The van der Waals surface area contributed by atoms with Gasteiger partial charge in [0.05, 0.1) is 11.0 Å². The number of fused-ring (bicyclic) bond motifs is 1. The fourth-order valence-electron chi connectivity index (χ4n) is 4.34. The van der Waals surface area contributed by atoms with E-state index in [-0.39, 0.29) is 0 Å². The van der Waals surface area contributed by atoms with E-state index in [4.69, 9.17) is 16.6 Å². The average molecular weight is 393 g/mol. The van der Waals surface area contributed by atoms with Gasteiger partial charge in [0.2, 0.25) is 0 Å². The van der Waals surface area contributed by atoms with Crippen molar-refractivity contribution in [3.05, 3.63) is 70.0 Å². The molecule has 1 fully saturated rings. The Morgan fingerprint density at radius 2 is 1.75 bits per heavy atom. The van der Waals surface area contributed by atoms with Crippen molar-refractivity contribution in [3.8, 4) is 0 Å². The standard InChI is InChI=1S/C25H29ClN2/c1-17-14-23-24(15-18(17)2)28(16-21-9-11-22(26)12-10-21)25(27-23)19(3)13-20-7-5-4-6-8-20/h9-15,20H,4-8,16H2,1-3H3/b19-13+. The van der Waals surface area contributed by atoms with E-state index in [2.05, 4.69) is 55.7 Å². The molecule has 146 valence electrons. The summed E-state index contributed by atoms with van der Waals surface area (Å²) in [5.41, 5.74) is 7.45. The van der Waals surface area contributed by atoms with Gasteiger partial charge in [-0.25, -0.2) is 4.98 Å². The van der Waals surface area contributed by atoms with E-state index in [1.165, 1.54) is 59.9 Å². The average Bonchev–Trinajstić information content (AvgIpc) is 3.02. The van der Waals surface area contributed by atoms with E-state index in [9.17, 15) is 0 Å². The first-order valence-corrected chi connectivity index (χ1v) is 10.8. The van der Waals surface area contributed by atoms with E-state index in [0.29, 0.717) is 5.92 Å². The molecule has 0 unspecified atom stereocenters. The van der Waals surface area contributed by atoms with E-state index in [0.717, 1.165) is 22.9 Å². The third-order valence-electron chi connectivity index (χ3n) is 6.11. The minimum absolute atomic E-state index is 0.695. The molecule has 0 amide bonds. The number of rotatable bonds is 4. The van der Waals surface area contributed by atoms with Gasteiger partial charge in [-0.2, -0.15) is 0 Å². The third-order valence-corrected chi connectivity index (χ3v) is 6.36. The lowest BCUT2D eigenvalue weighted by molar-refractivity contribution is 0.420. The first-order chi connectivity index (χ1) is 13.5. The molecule has 0 aliphatic heterocycles. The second-order valence-corrected chi connectivity index (χ2v) is 8.76. The van der Waals surface area contributed by atoms with Crippen LogP contribution in [0.15, 0.2) is 42.5 Å². The van der Waals surface area contributed by atoms with Gasteiger partial charge in [-0.05, 0) is 86.1 Å². The molecule has 1 aliphatic carbocycles. The van der Waals surface area contributed by atoms with Crippen LogP contribution in [0.5, 0.6) is 0 Å². The van der Waals surface area contributed by atoms with Crippen molar-refractivity contribution in [2.24, 2.45) is 5.92 Å². The number of hydrogen-bond acceptors (Lipinski definition) is 1. The summed E-state index contributed by atoms with van der Waals surface area (Å²) in [4.78, 5) is 5.06. The van der Waals surface area contributed by atoms with Crippen molar-refractivity contribution in [2.75, 3.05) is 0 Å². The predicted octanol–water partition coefficient (Wildman–Crippen LogP) is 7.34. The van der Waals surface area contributed by atoms with Gasteiger partial charge >= 0.3 is 0 Å². The van der Waals surface area contributed by atoms with Gasteiger partial charge in [-0.3, -0.25) is 0 Å². The summed E-state index contributed by atoms with van der Waals surface area (Å²) >= 11 is 6.09. The van der Waals surface area contributed by atoms with Gasteiger partial charge in [0.1, 0.15) is 5.82 Å². The molecule has 1 saturated carbocycles. The molecule has 3 heteroatoms. The van der Waals surface area contributed by atoms with Crippen molar-refractivity contribution in [1.29, 1.82) is 0 Å². The molecule has 0 atom stereocenters. The molecule has 2 nitrogen and oxygen atoms in total. The second-order valence-electron chi connectivity index (χ2n) is 8.32. The SMILES string of the molecule is C/C(=C\C1CCCCC1)c1nc2cc(C)c(C)cc2n1Cc1ccc(Cl)cc1. The second kappa shape index (κ2) is 8.13. The van der Waals surface area contributed by atoms with Crippen LogP contribution in [-0.4, -0.2) is 9.55 Å². The molecular formula is C25H29ClN2. The van der Waals surface area contributed by atoms with Gasteiger partial charge in [-0.15, -0.1) is 0 Å². The number of allylic oxidation sites excluding steroid dienone is 2. The molecular weight excluding hydrogens is 364 g/mol. The molecule has 0 N–H and O–H groups in total. The van der Waals surface area contributed by atoms with Gasteiger partial charge in [0.25, 0.3) is 0 Å². The molecule has 28 heavy (non-hydrogen) atoms. The Hall–Kier alpha value is -2.06. The van der Waals surface area contributed by atoms with Crippen LogP contribution < -0.4 is 0 Å². The topological polar surface area (TPSA) is 17.8 Å². The van der Waals surface area contributed by atoms with Crippen LogP contribution in [0.2, 0.25) is 5.02 Å². The number of hydrogen-bond donors (Lipinski definition) is 0. The summed E-state index contributed by atoms with van der Waals surface area (Å²) in [6.45, 7) is 7.38. The highest BCUT2D eigenvalue weighted by atomic mass is 35.5. The lowest BCUT2D eigenvalue weighted by Gasteiger charge is -2.19. The van der Waals surface area contributed by atoms with Crippen LogP contribution in [0.25, 0.3) is 16.6 Å². The fraction of sp³-hybridized carbons (Fsp3) is 0.400. The van der Waals surface area contributed by atoms with Gasteiger partial charge in [0.15, 0.2) is 0 Å². The minimum atomic E-state index is 0.695. The third kappa shape index (κ3) is 4.03. The van der Waals surface area contributed by atoms with Crippen LogP contribution in [0.1, 0.15) is 61.5 Å². The predicted molar refractivity (Wildman–Crippen MR) is 120 cm³/mol. The summed E-state index contributed by atoms with van der Waals surface area (Å²) in [6, 6.07) is 12.7. The highest BCUT2D eigenvalue weighted by Crippen LogP contribution is 2.30. The van der Waals surface area contributed by atoms with E-state index in [1.807, 2.05) is 12.1 Å². The maximum atomic E-state index is 6.09. The number of halogens is 1. The molecule has 3 aromatic rings. The zero-order valence-corrected chi connectivity index (χ0v) is 17.9. The van der Waals surface area contributed by atoms with Gasteiger partial charge in [-0.1, -0.05) is 49.1 Å².